The van der Waals surface area contributed by atoms with Crippen LogP contribution in [0.2, 0.25) is 0 Å². The Labute approximate surface area is 195 Å². The molecule has 4 atom stereocenters. The van der Waals surface area contributed by atoms with Crippen molar-refractivity contribution in [3.8, 4) is 5.75 Å². The van der Waals surface area contributed by atoms with Crippen LogP contribution in [-0.2, 0) is 19.1 Å². The van der Waals surface area contributed by atoms with E-state index in [2.05, 4.69) is 63.7 Å². The van der Waals surface area contributed by atoms with Gasteiger partial charge in [-0.1, -0.05) is 63.7 Å². The van der Waals surface area contributed by atoms with E-state index in [0.29, 0.717) is 20.4 Å². The second-order valence-electron chi connectivity index (χ2n) is 6.74. The Morgan fingerprint density at radius 2 is 1.29 bits per heavy atom. The van der Waals surface area contributed by atoms with E-state index in [1.807, 2.05) is 0 Å². The van der Waals surface area contributed by atoms with Gasteiger partial charge in [-0.3, -0.25) is 9.59 Å². The normalized spacial score (nSPS) is 35.8. The molecule has 2 amide bonds. The molecule has 1 saturated heterocycles. The van der Waals surface area contributed by atoms with Crippen LogP contribution >= 0.6 is 63.7 Å². The number of carbonyl (C=O) groups is 2. The largest absolute Gasteiger partial charge is 0.497 e. The standard InChI is InChI=1S/C18H15Br4NO5/c1-26-9-6-4-8(5-7-9)23-14(24)10-11(15(23)25)17(22)13(20)12(19)16(10,21)18(17,27-2)28-3/h4-7,10-11H,1-3H3. The first-order chi connectivity index (χ1) is 13.2. The predicted octanol–water partition coefficient (Wildman–Crippen LogP) is 4.09. The molecule has 2 fully saturated rings. The van der Waals surface area contributed by atoms with E-state index in [-0.39, 0.29) is 11.8 Å². The quantitative estimate of drug-likeness (QED) is 0.281. The summed E-state index contributed by atoms with van der Waals surface area (Å²) in [5, 5.41) is 0. The Kier molecular flexibility index (Phi) is 4.96. The fraction of sp³-hybridized carbons (Fsp3) is 0.444. The molecule has 0 spiro atoms. The smallest absolute Gasteiger partial charge is 0.239 e. The van der Waals surface area contributed by atoms with Crippen LogP contribution in [0.5, 0.6) is 5.75 Å². The van der Waals surface area contributed by atoms with Crippen molar-refractivity contribution in [3.05, 3.63) is 33.2 Å². The number of hydrogen-bond acceptors (Lipinski definition) is 5. The van der Waals surface area contributed by atoms with Crippen molar-refractivity contribution in [1.82, 2.24) is 0 Å². The highest BCUT2D eigenvalue weighted by Crippen LogP contribution is 2.77. The van der Waals surface area contributed by atoms with Gasteiger partial charge in [0.1, 0.15) is 14.4 Å². The zero-order valence-corrected chi connectivity index (χ0v) is 21.3. The summed E-state index contributed by atoms with van der Waals surface area (Å²) < 4.78 is 16.0. The molecule has 1 heterocycles. The summed E-state index contributed by atoms with van der Waals surface area (Å²) in [6, 6.07) is 6.81. The topological polar surface area (TPSA) is 65.1 Å². The second kappa shape index (κ2) is 6.62. The molecule has 6 nitrogen and oxygen atoms in total. The van der Waals surface area contributed by atoms with E-state index in [1.54, 1.807) is 31.4 Å². The highest BCUT2D eigenvalue weighted by atomic mass is 79.9. The van der Waals surface area contributed by atoms with Gasteiger partial charge >= 0.3 is 0 Å². The molecule has 28 heavy (non-hydrogen) atoms. The van der Waals surface area contributed by atoms with Crippen LogP contribution in [0.25, 0.3) is 0 Å². The van der Waals surface area contributed by atoms with Crippen LogP contribution in [0, 0.1) is 11.8 Å². The van der Waals surface area contributed by atoms with Gasteiger partial charge in [0.05, 0.1) is 24.6 Å². The first kappa shape index (κ1) is 21.0. The Hall–Kier alpha value is -0.260. The van der Waals surface area contributed by atoms with Gasteiger partial charge in [0, 0.05) is 23.2 Å². The molecule has 150 valence electrons. The minimum Gasteiger partial charge on any atom is -0.497 e. The lowest BCUT2D eigenvalue weighted by atomic mass is 9.85. The van der Waals surface area contributed by atoms with Crippen LogP contribution in [0.15, 0.2) is 33.2 Å². The fourth-order valence-electron chi connectivity index (χ4n) is 4.69. The van der Waals surface area contributed by atoms with Crippen molar-refractivity contribution in [3.63, 3.8) is 0 Å². The van der Waals surface area contributed by atoms with Crippen LogP contribution in [0.3, 0.4) is 0 Å². The average molecular weight is 645 g/mol. The Morgan fingerprint density at radius 3 is 1.64 bits per heavy atom. The third-order valence-corrected chi connectivity index (χ3v) is 12.3. The number of amides is 2. The number of nitrogens with zero attached hydrogens (tertiary/aromatic N) is 1. The lowest BCUT2D eigenvalue weighted by molar-refractivity contribution is -0.215. The van der Waals surface area contributed by atoms with Gasteiger partial charge in [0.25, 0.3) is 0 Å². The number of methoxy groups -OCH3 is 3. The summed E-state index contributed by atoms with van der Waals surface area (Å²) in [6.07, 6.45) is 0. The number of carbonyl (C=O) groups excluding carboxylic acids is 2. The number of ether oxygens (including phenoxy) is 3. The molecule has 1 aliphatic heterocycles. The van der Waals surface area contributed by atoms with E-state index in [1.165, 1.54) is 19.1 Å². The molecule has 2 bridgehead atoms. The molecule has 0 radical (unpaired) electrons. The zero-order chi connectivity index (χ0) is 20.6. The number of hydrogen-bond donors (Lipinski definition) is 0. The first-order valence-electron chi connectivity index (χ1n) is 8.23. The highest BCUT2D eigenvalue weighted by molar-refractivity contribution is 9.16. The molecule has 0 aromatic heterocycles. The Morgan fingerprint density at radius 1 is 0.857 bits per heavy atom. The molecule has 4 unspecified atom stereocenters. The van der Waals surface area contributed by atoms with Gasteiger partial charge in [-0.25, -0.2) is 4.90 Å². The predicted molar refractivity (Wildman–Crippen MR) is 117 cm³/mol. The maximum Gasteiger partial charge on any atom is 0.239 e. The summed E-state index contributed by atoms with van der Waals surface area (Å²) in [5.41, 5.74) is 0.490. The molecular formula is C18H15Br4NO5. The van der Waals surface area contributed by atoms with Crippen LogP contribution in [-0.4, -0.2) is 47.6 Å². The average Bonchev–Trinajstić information content (AvgIpc) is 3.12. The second-order valence-corrected chi connectivity index (χ2v) is 10.8. The number of rotatable bonds is 4. The molecule has 3 aliphatic rings. The van der Waals surface area contributed by atoms with Crippen molar-refractivity contribution in [2.24, 2.45) is 11.8 Å². The van der Waals surface area contributed by atoms with Gasteiger partial charge < -0.3 is 14.2 Å². The van der Waals surface area contributed by atoms with E-state index >= 15 is 0 Å². The number of halogens is 4. The third-order valence-electron chi connectivity index (χ3n) is 5.86. The molecule has 0 N–H and O–H groups in total. The van der Waals surface area contributed by atoms with E-state index in [0.717, 1.165) is 0 Å². The van der Waals surface area contributed by atoms with E-state index in [4.69, 9.17) is 14.2 Å². The van der Waals surface area contributed by atoms with Crippen molar-refractivity contribution in [2.75, 3.05) is 26.2 Å². The number of alkyl halides is 2. The number of imide groups is 1. The van der Waals surface area contributed by atoms with Crippen LogP contribution < -0.4 is 9.64 Å². The van der Waals surface area contributed by atoms with Gasteiger partial charge in [-0.05, 0) is 24.3 Å². The van der Waals surface area contributed by atoms with Crippen molar-refractivity contribution in [1.29, 1.82) is 0 Å². The summed E-state index contributed by atoms with van der Waals surface area (Å²) in [4.78, 5) is 28.3. The van der Waals surface area contributed by atoms with Gasteiger partial charge in [-0.2, -0.15) is 0 Å². The Bertz CT molecular complexity index is 869. The van der Waals surface area contributed by atoms with Crippen LogP contribution in [0.1, 0.15) is 0 Å². The lowest BCUT2D eigenvalue weighted by Crippen LogP contribution is -2.59. The van der Waals surface area contributed by atoms with Crippen LogP contribution in [0.4, 0.5) is 5.69 Å². The number of anilines is 1. The lowest BCUT2D eigenvalue weighted by Gasteiger charge is -2.43. The Balaban J connectivity index is 1.88. The van der Waals surface area contributed by atoms with Gasteiger partial charge in [0.15, 0.2) is 0 Å². The summed E-state index contributed by atoms with van der Waals surface area (Å²) >= 11 is 14.6. The fourth-order valence-corrected chi connectivity index (χ4v) is 9.72. The first-order valence-corrected chi connectivity index (χ1v) is 11.4. The van der Waals surface area contributed by atoms with E-state index < -0.39 is 26.3 Å². The molecule has 1 aromatic carbocycles. The molecule has 1 aromatic rings. The zero-order valence-electron chi connectivity index (χ0n) is 15.0. The molecule has 10 heteroatoms. The highest BCUT2D eigenvalue weighted by Gasteiger charge is 2.88. The van der Waals surface area contributed by atoms with E-state index in [9.17, 15) is 9.59 Å². The minimum absolute atomic E-state index is 0.325. The number of benzene rings is 1. The summed E-state index contributed by atoms with van der Waals surface area (Å²) in [7, 11) is 4.56. The minimum atomic E-state index is -1.32. The molecule has 1 saturated carbocycles. The van der Waals surface area contributed by atoms with Gasteiger partial charge in [-0.15, -0.1) is 0 Å². The SMILES string of the molecule is COc1ccc(N2C(=O)C3C(C2=O)C2(Br)C(Br)=C(Br)C3(Br)C2(OC)OC)cc1. The van der Waals surface area contributed by atoms with Crippen molar-refractivity contribution in [2.45, 2.75) is 14.4 Å². The summed E-state index contributed by atoms with van der Waals surface area (Å²) in [6.45, 7) is 0. The monoisotopic (exact) mass is 641 g/mol. The summed E-state index contributed by atoms with van der Waals surface area (Å²) in [5.74, 6) is -2.80. The molecule has 4 rings (SSSR count). The van der Waals surface area contributed by atoms with Gasteiger partial charge in [0.2, 0.25) is 17.6 Å². The number of fused-ring (bicyclic) bond motifs is 5. The third kappa shape index (κ3) is 2.05. The van der Waals surface area contributed by atoms with Crippen molar-refractivity contribution >= 4 is 81.2 Å². The molecule has 2 aliphatic carbocycles. The maximum absolute atomic E-state index is 13.5. The molecular weight excluding hydrogens is 630 g/mol. The van der Waals surface area contributed by atoms with Crippen molar-refractivity contribution < 1.29 is 23.8 Å². The maximum atomic E-state index is 13.5.